The number of carbonyl (C=O) groups is 1. The SMILES string of the molecule is COc1ccccc1NC(=O)C[NH2+][C@H](C)c1cccc(F)c1. The first-order valence-electron chi connectivity index (χ1n) is 7.12. The molecule has 0 aliphatic carbocycles. The second kappa shape index (κ2) is 7.56. The summed E-state index contributed by atoms with van der Waals surface area (Å²) < 4.78 is 18.4. The zero-order valence-electron chi connectivity index (χ0n) is 12.7. The zero-order chi connectivity index (χ0) is 15.9. The van der Waals surface area contributed by atoms with E-state index < -0.39 is 0 Å². The van der Waals surface area contributed by atoms with Crippen molar-refractivity contribution in [2.45, 2.75) is 13.0 Å². The van der Waals surface area contributed by atoms with Crippen LogP contribution in [0.25, 0.3) is 0 Å². The fourth-order valence-corrected chi connectivity index (χ4v) is 2.16. The maximum absolute atomic E-state index is 13.2. The average Bonchev–Trinajstić information content (AvgIpc) is 2.53. The largest absolute Gasteiger partial charge is 0.495 e. The van der Waals surface area contributed by atoms with E-state index in [0.717, 1.165) is 5.56 Å². The Bertz CT molecular complexity index is 646. The smallest absolute Gasteiger partial charge is 0.279 e. The van der Waals surface area contributed by atoms with Gasteiger partial charge in [-0.2, -0.15) is 0 Å². The Morgan fingerprint density at radius 3 is 2.77 bits per heavy atom. The van der Waals surface area contributed by atoms with Gasteiger partial charge in [-0.3, -0.25) is 4.79 Å². The molecule has 116 valence electrons. The number of hydrogen-bond acceptors (Lipinski definition) is 2. The summed E-state index contributed by atoms with van der Waals surface area (Å²) in [5, 5.41) is 4.67. The van der Waals surface area contributed by atoms with Gasteiger partial charge in [-0.15, -0.1) is 0 Å². The number of ether oxygens (including phenoxy) is 1. The van der Waals surface area contributed by atoms with Crippen LogP contribution in [0.2, 0.25) is 0 Å². The van der Waals surface area contributed by atoms with E-state index in [1.54, 1.807) is 25.3 Å². The van der Waals surface area contributed by atoms with Crippen molar-refractivity contribution < 1.29 is 19.2 Å². The molecule has 22 heavy (non-hydrogen) atoms. The molecule has 0 aliphatic rings. The molecule has 0 radical (unpaired) electrons. The maximum Gasteiger partial charge on any atom is 0.279 e. The van der Waals surface area contributed by atoms with Gasteiger partial charge in [0.1, 0.15) is 17.6 Å². The number of nitrogens with one attached hydrogen (secondary N) is 1. The van der Waals surface area contributed by atoms with Crippen molar-refractivity contribution in [1.82, 2.24) is 0 Å². The molecule has 2 rings (SSSR count). The highest BCUT2D eigenvalue weighted by Gasteiger charge is 2.13. The summed E-state index contributed by atoms with van der Waals surface area (Å²) in [6, 6.07) is 13.7. The number of rotatable bonds is 6. The summed E-state index contributed by atoms with van der Waals surface area (Å²) in [5.41, 5.74) is 1.49. The van der Waals surface area contributed by atoms with Gasteiger partial charge >= 0.3 is 0 Å². The van der Waals surface area contributed by atoms with Crippen LogP contribution in [-0.4, -0.2) is 19.6 Å². The van der Waals surface area contributed by atoms with Crippen LogP contribution >= 0.6 is 0 Å². The number of carbonyl (C=O) groups excluding carboxylic acids is 1. The third kappa shape index (κ3) is 4.30. The summed E-state index contributed by atoms with van der Waals surface area (Å²) in [6.07, 6.45) is 0. The fourth-order valence-electron chi connectivity index (χ4n) is 2.16. The molecule has 0 aliphatic heterocycles. The first-order valence-corrected chi connectivity index (χ1v) is 7.12. The van der Waals surface area contributed by atoms with Gasteiger partial charge in [0, 0.05) is 5.56 Å². The lowest BCUT2D eigenvalue weighted by atomic mass is 10.1. The fraction of sp³-hybridized carbons (Fsp3) is 0.235. The van der Waals surface area contributed by atoms with E-state index >= 15 is 0 Å². The summed E-state index contributed by atoms with van der Waals surface area (Å²) in [4.78, 5) is 12.0. The van der Waals surface area contributed by atoms with Crippen LogP contribution in [0.3, 0.4) is 0 Å². The number of methoxy groups -OCH3 is 1. The molecule has 0 saturated carbocycles. The highest BCUT2D eigenvalue weighted by atomic mass is 19.1. The lowest BCUT2D eigenvalue weighted by Crippen LogP contribution is -2.86. The van der Waals surface area contributed by atoms with Crippen LogP contribution in [0.5, 0.6) is 5.75 Å². The van der Waals surface area contributed by atoms with Gasteiger partial charge in [0.2, 0.25) is 0 Å². The number of benzene rings is 2. The molecule has 2 aromatic rings. The molecule has 2 aromatic carbocycles. The van der Waals surface area contributed by atoms with Gasteiger partial charge in [-0.05, 0) is 31.2 Å². The van der Waals surface area contributed by atoms with E-state index in [1.807, 2.05) is 30.4 Å². The molecule has 0 bridgehead atoms. The minimum Gasteiger partial charge on any atom is -0.495 e. The van der Waals surface area contributed by atoms with Crippen molar-refractivity contribution in [1.29, 1.82) is 0 Å². The highest BCUT2D eigenvalue weighted by Crippen LogP contribution is 2.22. The third-order valence-corrected chi connectivity index (χ3v) is 3.41. The van der Waals surface area contributed by atoms with E-state index in [2.05, 4.69) is 5.32 Å². The summed E-state index contributed by atoms with van der Waals surface area (Å²) in [7, 11) is 1.56. The molecule has 3 N–H and O–H groups in total. The van der Waals surface area contributed by atoms with Crippen LogP contribution in [0.1, 0.15) is 18.5 Å². The Labute approximate surface area is 129 Å². The second-order valence-electron chi connectivity index (χ2n) is 5.03. The topological polar surface area (TPSA) is 54.9 Å². The van der Waals surface area contributed by atoms with Crippen LogP contribution < -0.4 is 15.4 Å². The van der Waals surface area contributed by atoms with Gasteiger partial charge in [-0.25, -0.2) is 4.39 Å². The molecule has 1 amide bonds. The van der Waals surface area contributed by atoms with Crippen LogP contribution in [0, 0.1) is 5.82 Å². The molecular formula is C17H20FN2O2+. The van der Waals surface area contributed by atoms with E-state index in [0.29, 0.717) is 11.4 Å². The number of hydrogen-bond donors (Lipinski definition) is 2. The van der Waals surface area contributed by atoms with E-state index in [-0.39, 0.29) is 24.3 Å². The Morgan fingerprint density at radius 1 is 1.27 bits per heavy atom. The predicted octanol–water partition coefficient (Wildman–Crippen LogP) is 2.10. The average molecular weight is 303 g/mol. The van der Waals surface area contributed by atoms with Crippen LogP contribution in [0.4, 0.5) is 10.1 Å². The van der Waals surface area contributed by atoms with Crippen molar-refractivity contribution in [2.75, 3.05) is 19.0 Å². The molecule has 0 aromatic heterocycles. The number of para-hydroxylation sites is 2. The predicted molar refractivity (Wildman–Crippen MR) is 83.2 cm³/mol. The number of nitrogens with two attached hydrogens (primary N) is 1. The third-order valence-electron chi connectivity index (χ3n) is 3.41. The monoisotopic (exact) mass is 303 g/mol. The standard InChI is InChI=1S/C17H19FN2O2/c1-12(13-6-5-7-14(18)10-13)19-11-17(21)20-15-8-3-4-9-16(15)22-2/h3-10,12,19H,11H2,1-2H3,(H,20,21)/p+1/t12-/m1/s1. The molecule has 0 saturated heterocycles. The van der Waals surface area contributed by atoms with E-state index in [4.69, 9.17) is 4.74 Å². The Morgan fingerprint density at radius 2 is 2.05 bits per heavy atom. The maximum atomic E-state index is 13.2. The quantitative estimate of drug-likeness (QED) is 0.858. The van der Waals surface area contributed by atoms with Crippen molar-refractivity contribution in [2.24, 2.45) is 0 Å². The van der Waals surface area contributed by atoms with E-state index in [9.17, 15) is 9.18 Å². The lowest BCUT2D eigenvalue weighted by molar-refractivity contribution is -0.682. The minimum absolute atomic E-state index is 0.000816. The molecule has 0 fully saturated rings. The Hall–Kier alpha value is -2.40. The van der Waals surface area contributed by atoms with Gasteiger partial charge in [0.25, 0.3) is 5.91 Å². The lowest BCUT2D eigenvalue weighted by Gasteiger charge is -2.12. The number of amides is 1. The van der Waals surface area contributed by atoms with Gasteiger partial charge in [0.05, 0.1) is 12.8 Å². The first kappa shape index (κ1) is 16.0. The number of halogens is 1. The van der Waals surface area contributed by atoms with Gasteiger partial charge in [-0.1, -0.05) is 24.3 Å². The Balaban J connectivity index is 1.90. The summed E-state index contributed by atoms with van der Waals surface area (Å²) in [5.74, 6) is 0.220. The van der Waals surface area contributed by atoms with Gasteiger partial charge in [0.15, 0.2) is 6.54 Å². The normalized spacial score (nSPS) is 11.8. The summed E-state index contributed by atoms with van der Waals surface area (Å²) in [6.45, 7) is 2.18. The number of quaternary nitrogens is 1. The zero-order valence-corrected chi connectivity index (χ0v) is 12.7. The second-order valence-corrected chi connectivity index (χ2v) is 5.03. The Kier molecular flexibility index (Phi) is 5.49. The van der Waals surface area contributed by atoms with E-state index in [1.165, 1.54) is 12.1 Å². The van der Waals surface area contributed by atoms with Crippen molar-refractivity contribution in [3.05, 3.63) is 59.9 Å². The van der Waals surface area contributed by atoms with Crippen molar-refractivity contribution in [3.8, 4) is 5.75 Å². The van der Waals surface area contributed by atoms with Crippen molar-refractivity contribution >= 4 is 11.6 Å². The molecule has 0 heterocycles. The molecule has 5 heteroatoms. The minimum atomic E-state index is -0.267. The molecule has 4 nitrogen and oxygen atoms in total. The van der Waals surface area contributed by atoms with Crippen molar-refractivity contribution in [3.63, 3.8) is 0 Å². The molecule has 0 spiro atoms. The summed E-state index contributed by atoms with van der Waals surface area (Å²) >= 11 is 0. The first-order chi connectivity index (χ1) is 10.6. The molecule has 1 atom stereocenters. The van der Waals surface area contributed by atoms with Crippen LogP contribution in [0.15, 0.2) is 48.5 Å². The highest BCUT2D eigenvalue weighted by molar-refractivity contribution is 5.92. The molecular weight excluding hydrogens is 283 g/mol. The molecule has 0 unspecified atom stereocenters. The number of anilines is 1. The van der Waals surface area contributed by atoms with Crippen LogP contribution in [-0.2, 0) is 4.79 Å². The van der Waals surface area contributed by atoms with Gasteiger partial charge < -0.3 is 15.4 Å².